The Morgan fingerprint density at radius 1 is 1.23 bits per heavy atom. The summed E-state index contributed by atoms with van der Waals surface area (Å²) in [7, 11) is 1.68. The molecule has 1 aromatic rings. The molecule has 0 saturated carbocycles. The molecule has 0 amide bonds. The van der Waals surface area contributed by atoms with E-state index in [0.717, 1.165) is 63.2 Å². The molecule has 2 atom stereocenters. The van der Waals surface area contributed by atoms with Crippen LogP contribution >= 0.6 is 24.0 Å². The lowest BCUT2D eigenvalue weighted by molar-refractivity contribution is 0.125. The molecule has 1 aromatic heterocycles. The lowest BCUT2D eigenvalue weighted by atomic mass is 10.1. The molecule has 0 aromatic carbocycles. The molecule has 0 bridgehead atoms. The monoisotopic (exact) mass is 548 g/mol. The van der Waals surface area contributed by atoms with Crippen LogP contribution in [0.15, 0.2) is 4.99 Å². The number of hydrogen-bond acceptors (Lipinski definition) is 6. The van der Waals surface area contributed by atoms with Crippen molar-refractivity contribution in [3.05, 3.63) is 11.6 Å². The van der Waals surface area contributed by atoms with E-state index in [1.807, 2.05) is 4.68 Å². The smallest absolute Gasteiger partial charge is 0.191 e. The maximum atomic E-state index is 5.16. The fourth-order valence-corrected chi connectivity index (χ4v) is 4.22. The number of fused-ring (bicyclic) bond motifs is 1. The second kappa shape index (κ2) is 13.5. The van der Waals surface area contributed by atoms with Crippen molar-refractivity contribution >= 4 is 29.9 Å². The van der Waals surface area contributed by atoms with Crippen LogP contribution in [0.1, 0.15) is 38.8 Å². The standard InChI is InChI=1S/C21H40N8O.HI/c1-5-22-21(23-13-17(3)14-28-11-9-27(6-2)10-12-28)24-18-7-8-20-25-19(16-30-4)26-29(20)15-18;/h17-18H,5-16H2,1-4H3,(H2,22,23,24);1H. The summed E-state index contributed by atoms with van der Waals surface area (Å²) in [5.74, 6) is 3.27. The van der Waals surface area contributed by atoms with Gasteiger partial charge in [-0.25, -0.2) is 9.67 Å². The van der Waals surface area contributed by atoms with Crippen LogP contribution in [-0.2, 0) is 24.3 Å². The number of aromatic nitrogens is 3. The highest BCUT2D eigenvalue weighted by atomic mass is 127. The highest BCUT2D eigenvalue weighted by Gasteiger charge is 2.23. The molecule has 1 saturated heterocycles. The molecule has 0 aliphatic carbocycles. The van der Waals surface area contributed by atoms with Gasteiger partial charge < -0.3 is 25.2 Å². The number of nitrogens with one attached hydrogen (secondary N) is 2. The van der Waals surface area contributed by atoms with Gasteiger partial charge in [0.05, 0.1) is 6.54 Å². The van der Waals surface area contributed by atoms with Crippen molar-refractivity contribution in [1.82, 2.24) is 35.2 Å². The number of aryl methyl sites for hydroxylation is 1. The molecule has 3 rings (SSSR count). The van der Waals surface area contributed by atoms with Gasteiger partial charge in [0, 0.05) is 65.4 Å². The molecule has 2 unspecified atom stereocenters. The quantitative estimate of drug-likeness (QED) is 0.273. The molecule has 2 aliphatic rings. The molecule has 0 spiro atoms. The van der Waals surface area contributed by atoms with Gasteiger partial charge in [0.25, 0.3) is 0 Å². The van der Waals surface area contributed by atoms with Crippen molar-refractivity contribution in [2.75, 3.05) is 59.5 Å². The first-order valence-corrected chi connectivity index (χ1v) is 11.5. The van der Waals surface area contributed by atoms with Gasteiger partial charge in [-0.3, -0.25) is 4.99 Å². The van der Waals surface area contributed by atoms with Gasteiger partial charge in [-0.1, -0.05) is 13.8 Å². The van der Waals surface area contributed by atoms with Crippen LogP contribution in [0.4, 0.5) is 0 Å². The lowest BCUT2D eigenvalue weighted by Gasteiger charge is -2.35. The number of rotatable bonds is 9. The fourth-order valence-electron chi connectivity index (χ4n) is 4.22. The van der Waals surface area contributed by atoms with E-state index in [2.05, 4.69) is 51.3 Å². The number of guanidine groups is 1. The van der Waals surface area contributed by atoms with Crippen molar-refractivity contribution in [3.8, 4) is 0 Å². The van der Waals surface area contributed by atoms with E-state index in [-0.39, 0.29) is 24.0 Å². The minimum absolute atomic E-state index is 0. The second-order valence-electron chi connectivity index (χ2n) is 8.50. The highest BCUT2D eigenvalue weighted by Crippen LogP contribution is 2.13. The van der Waals surface area contributed by atoms with Crippen LogP contribution in [0.5, 0.6) is 0 Å². The van der Waals surface area contributed by atoms with Gasteiger partial charge in [0.1, 0.15) is 12.4 Å². The third-order valence-electron chi connectivity index (χ3n) is 5.90. The van der Waals surface area contributed by atoms with Gasteiger partial charge in [0.15, 0.2) is 11.8 Å². The Labute approximate surface area is 204 Å². The Hall–Kier alpha value is -0.980. The van der Waals surface area contributed by atoms with Crippen molar-refractivity contribution in [3.63, 3.8) is 0 Å². The van der Waals surface area contributed by atoms with Crippen LogP contribution in [0.25, 0.3) is 0 Å². The lowest BCUT2D eigenvalue weighted by Crippen LogP contribution is -2.48. The average molecular weight is 549 g/mol. The van der Waals surface area contributed by atoms with E-state index in [1.165, 1.54) is 26.2 Å². The topological polar surface area (TPSA) is 82.8 Å². The van der Waals surface area contributed by atoms with Crippen LogP contribution < -0.4 is 10.6 Å². The maximum absolute atomic E-state index is 5.16. The molecule has 31 heavy (non-hydrogen) atoms. The largest absolute Gasteiger partial charge is 0.377 e. The number of nitrogens with zero attached hydrogens (tertiary/aromatic N) is 6. The van der Waals surface area contributed by atoms with Crippen LogP contribution in [-0.4, -0.2) is 96.0 Å². The zero-order valence-corrected chi connectivity index (χ0v) is 22.0. The summed E-state index contributed by atoms with van der Waals surface area (Å²) in [6.07, 6.45) is 1.96. The number of methoxy groups -OCH3 is 1. The summed E-state index contributed by atoms with van der Waals surface area (Å²) in [6.45, 7) is 16.6. The number of halogens is 1. The molecule has 1 fully saturated rings. The summed E-state index contributed by atoms with van der Waals surface area (Å²) in [5, 5.41) is 11.6. The molecular weight excluding hydrogens is 507 g/mol. The molecule has 2 aliphatic heterocycles. The average Bonchev–Trinajstić information content (AvgIpc) is 3.15. The number of piperazine rings is 1. The summed E-state index contributed by atoms with van der Waals surface area (Å²) >= 11 is 0. The van der Waals surface area contributed by atoms with Gasteiger partial charge in [-0.05, 0) is 25.8 Å². The Balaban J connectivity index is 0.00000341. The molecule has 10 heteroatoms. The maximum Gasteiger partial charge on any atom is 0.191 e. The Morgan fingerprint density at radius 3 is 2.65 bits per heavy atom. The Bertz CT molecular complexity index is 674. The van der Waals surface area contributed by atoms with Crippen molar-refractivity contribution in [2.24, 2.45) is 10.9 Å². The number of hydrogen-bond donors (Lipinski definition) is 2. The molecule has 2 N–H and O–H groups in total. The van der Waals surface area contributed by atoms with Crippen molar-refractivity contribution in [2.45, 2.75) is 52.8 Å². The minimum atomic E-state index is 0. The first kappa shape index (κ1) is 26.3. The Morgan fingerprint density at radius 2 is 1.97 bits per heavy atom. The number of aliphatic imine (C=N–C) groups is 1. The van der Waals surface area contributed by atoms with E-state index in [9.17, 15) is 0 Å². The molecule has 9 nitrogen and oxygen atoms in total. The predicted molar refractivity (Wildman–Crippen MR) is 135 cm³/mol. The summed E-state index contributed by atoms with van der Waals surface area (Å²) in [4.78, 5) is 14.6. The van der Waals surface area contributed by atoms with Crippen LogP contribution in [0, 0.1) is 5.92 Å². The zero-order chi connectivity index (χ0) is 21.3. The van der Waals surface area contributed by atoms with Gasteiger partial charge in [-0.15, -0.1) is 24.0 Å². The summed E-state index contributed by atoms with van der Waals surface area (Å²) in [5.41, 5.74) is 0. The van der Waals surface area contributed by atoms with E-state index in [0.29, 0.717) is 18.6 Å². The van der Waals surface area contributed by atoms with Crippen LogP contribution in [0.3, 0.4) is 0 Å². The van der Waals surface area contributed by atoms with Gasteiger partial charge in [-0.2, -0.15) is 5.10 Å². The molecule has 3 heterocycles. The van der Waals surface area contributed by atoms with Gasteiger partial charge >= 0.3 is 0 Å². The van der Waals surface area contributed by atoms with E-state index in [1.54, 1.807) is 7.11 Å². The van der Waals surface area contributed by atoms with Crippen LogP contribution in [0.2, 0.25) is 0 Å². The first-order valence-electron chi connectivity index (χ1n) is 11.5. The number of ether oxygens (including phenoxy) is 1. The minimum Gasteiger partial charge on any atom is -0.377 e. The molecule has 0 radical (unpaired) electrons. The predicted octanol–water partition coefficient (Wildman–Crippen LogP) is 1.19. The van der Waals surface area contributed by atoms with E-state index in [4.69, 9.17) is 9.73 Å². The second-order valence-corrected chi connectivity index (χ2v) is 8.50. The summed E-state index contributed by atoms with van der Waals surface area (Å²) < 4.78 is 7.17. The summed E-state index contributed by atoms with van der Waals surface area (Å²) in [6, 6.07) is 0.310. The Kier molecular flexibility index (Phi) is 11.5. The van der Waals surface area contributed by atoms with Crippen molar-refractivity contribution < 1.29 is 4.74 Å². The molecule has 178 valence electrons. The van der Waals surface area contributed by atoms with Gasteiger partial charge in [0.2, 0.25) is 0 Å². The van der Waals surface area contributed by atoms with E-state index < -0.39 is 0 Å². The third kappa shape index (κ3) is 8.14. The fraction of sp³-hybridized carbons (Fsp3) is 0.857. The highest BCUT2D eigenvalue weighted by molar-refractivity contribution is 14.0. The van der Waals surface area contributed by atoms with E-state index >= 15 is 0 Å². The third-order valence-corrected chi connectivity index (χ3v) is 5.90. The number of likely N-dealkylation sites (N-methyl/N-ethyl adjacent to an activating group) is 1. The normalized spacial score (nSPS) is 21.3. The SMILES string of the molecule is CCNC(=NCC(C)CN1CCN(CC)CC1)NC1CCc2nc(COC)nn2C1.I. The first-order chi connectivity index (χ1) is 14.6. The molecular formula is C21H41IN8O. The zero-order valence-electron chi connectivity index (χ0n) is 19.6. The van der Waals surface area contributed by atoms with Crippen molar-refractivity contribution in [1.29, 1.82) is 0 Å².